The van der Waals surface area contributed by atoms with Crippen LogP contribution in [0.4, 0.5) is 0 Å². The lowest BCUT2D eigenvalue weighted by molar-refractivity contribution is -0.00728. The number of thiophene rings is 1. The van der Waals surface area contributed by atoms with Crippen LogP contribution >= 0.6 is 27.3 Å². The van der Waals surface area contributed by atoms with Crippen LogP contribution in [0.25, 0.3) is 0 Å². The molecule has 2 unspecified atom stereocenters. The molecule has 0 bridgehead atoms. The molecule has 1 aromatic rings. The molecule has 1 saturated heterocycles. The van der Waals surface area contributed by atoms with Gasteiger partial charge in [-0.05, 0) is 41.3 Å². The van der Waals surface area contributed by atoms with Gasteiger partial charge in [0.25, 0.3) is 0 Å². The summed E-state index contributed by atoms with van der Waals surface area (Å²) in [6, 6.07) is 2.38. The van der Waals surface area contributed by atoms with Gasteiger partial charge in [-0.15, -0.1) is 11.3 Å². The lowest BCUT2D eigenvalue weighted by atomic mass is 9.99. The zero-order valence-electron chi connectivity index (χ0n) is 9.12. The van der Waals surface area contributed by atoms with Gasteiger partial charge >= 0.3 is 0 Å². The van der Waals surface area contributed by atoms with Gasteiger partial charge in [0.05, 0.1) is 12.1 Å². The van der Waals surface area contributed by atoms with E-state index in [1.54, 1.807) is 11.3 Å². The van der Waals surface area contributed by atoms with Gasteiger partial charge in [0.1, 0.15) is 0 Å². The number of hydrogen-bond acceptors (Lipinski definition) is 4. The van der Waals surface area contributed by atoms with Gasteiger partial charge in [-0.2, -0.15) is 0 Å². The number of hydrazine groups is 1. The predicted octanol–water partition coefficient (Wildman–Crippen LogP) is 2.45. The highest BCUT2D eigenvalue weighted by molar-refractivity contribution is 9.10. The van der Waals surface area contributed by atoms with Crippen LogP contribution in [-0.4, -0.2) is 18.8 Å². The Kier molecular flexibility index (Phi) is 4.79. The number of rotatable bonds is 4. The maximum absolute atomic E-state index is 5.76. The largest absolute Gasteiger partial charge is 0.377 e. The molecule has 0 saturated carbocycles. The third kappa shape index (κ3) is 3.28. The van der Waals surface area contributed by atoms with Crippen molar-refractivity contribution in [3.63, 3.8) is 0 Å². The van der Waals surface area contributed by atoms with E-state index in [1.807, 2.05) is 0 Å². The van der Waals surface area contributed by atoms with E-state index in [4.69, 9.17) is 10.6 Å². The first kappa shape index (κ1) is 12.5. The molecule has 0 radical (unpaired) electrons. The molecule has 1 aliphatic heterocycles. The second-order valence-electron chi connectivity index (χ2n) is 4.11. The van der Waals surface area contributed by atoms with Crippen molar-refractivity contribution in [2.75, 3.05) is 6.61 Å². The average molecular weight is 305 g/mol. The fraction of sp³-hybridized carbons (Fsp3) is 0.636. The first-order chi connectivity index (χ1) is 7.79. The molecule has 5 heteroatoms. The number of nitrogens with two attached hydrogens (primary N) is 1. The normalized spacial score (nSPS) is 23.2. The first-order valence-corrected chi connectivity index (χ1v) is 7.27. The quantitative estimate of drug-likeness (QED) is 0.663. The van der Waals surface area contributed by atoms with Gasteiger partial charge < -0.3 is 4.74 Å². The molecule has 16 heavy (non-hydrogen) atoms. The van der Waals surface area contributed by atoms with Crippen molar-refractivity contribution in [1.29, 1.82) is 0 Å². The van der Waals surface area contributed by atoms with Crippen molar-refractivity contribution in [2.45, 2.75) is 37.8 Å². The predicted molar refractivity (Wildman–Crippen MR) is 70.4 cm³/mol. The number of hydrogen-bond donors (Lipinski definition) is 2. The molecule has 1 aromatic heterocycles. The molecule has 90 valence electrons. The summed E-state index contributed by atoms with van der Waals surface area (Å²) in [4.78, 5) is 1.34. The smallest absolute Gasteiger partial charge is 0.0745 e. The number of halogens is 1. The van der Waals surface area contributed by atoms with E-state index in [2.05, 4.69) is 32.8 Å². The fourth-order valence-corrected chi connectivity index (χ4v) is 3.57. The van der Waals surface area contributed by atoms with E-state index >= 15 is 0 Å². The molecule has 1 aliphatic rings. The Morgan fingerprint density at radius 3 is 3.06 bits per heavy atom. The summed E-state index contributed by atoms with van der Waals surface area (Å²) in [5.41, 5.74) is 2.90. The third-order valence-corrected chi connectivity index (χ3v) is 4.64. The second-order valence-corrected chi connectivity index (χ2v) is 6.03. The molecule has 0 spiro atoms. The van der Waals surface area contributed by atoms with Crippen LogP contribution in [0.1, 0.15) is 24.1 Å². The Morgan fingerprint density at radius 2 is 2.50 bits per heavy atom. The molecular formula is C11H17BrN2OS. The van der Waals surface area contributed by atoms with Crippen LogP contribution in [0.5, 0.6) is 0 Å². The molecule has 0 aliphatic carbocycles. The Morgan fingerprint density at radius 1 is 1.62 bits per heavy atom. The molecule has 3 nitrogen and oxygen atoms in total. The van der Waals surface area contributed by atoms with Gasteiger partial charge in [-0.25, -0.2) is 0 Å². The average Bonchev–Trinajstić information content (AvgIpc) is 2.73. The van der Waals surface area contributed by atoms with Crippen molar-refractivity contribution in [3.05, 3.63) is 20.8 Å². The van der Waals surface area contributed by atoms with Gasteiger partial charge in [-0.3, -0.25) is 11.3 Å². The lowest BCUT2D eigenvalue weighted by Crippen LogP contribution is -2.47. The highest BCUT2D eigenvalue weighted by atomic mass is 79.9. The minimum Gasteiger partial charge on any atom is -0.377 e. The summed E-state index contributed by atoms with van der Waals surface area (Å²) in [5.74, 6) is 5.62. The molecule has 3 N–H and O–H groups in total. The monoisotopic (exact) mass is 304 g/mol. The Balaban J connectivity index is 1.94. The van der Waals surface area contributed by atoms with E-state index in [1.165, 1.54) is 17.7 Å². The molecule has 2 atom stereocenters. The van der Waals surface area contributed by atoms with Crippen LogP contribution in [0, 0.1) is 0 Å². The summed E-state index contributed by atoms with van der Waals surface area (Å²) in [6.45, 7) is 0.872. The van der Waals surface area contributed by atoms with Gasteiger partial charge in [0, 0.05) is 27.8 Å². The van der Waals surface area contributed by atoms with Gasteiger partial charge in [0.15, 0.2) is 0 Å². The fourth-order valence-electron chi connectivity index (χ4n) is 2.06. The van der Waals surface area contributed by atoms with Crippen LogP contribution in [-0.2, 0) is 11.2 Å². The topological polar surface area (TPSA) is 47.3 Å². The van der Waals surface area contributed by atoms with Gasteiger partial charge in [-0.1, -0.05) is 0 Å². The zero-order valence-corrected chi connectivity index (χ0v) is 11.5. The summed E-state index contributed by atoms with van der Waals surface area (Å²) in [6.07, 6.45) is 4.74. The third-order valence-electron chi connectivity index (χ3n) is 2.92. The summed E-state index contributed by atoms with van der Waals surface area (Å²) >= 11 is 5.23. The minimum atomic E-state index is 0.228. The van der Waals surface area contributed by atoms with Crippen LogP contribution in [0.2, 0.25) is 0 Å². The van der Waals surface area contributed by atoms with Crippen LogP contribution < -0.4 is 11.3 Å². The van der Waals surface area contributed by atoms with E-state index in [0.29, 0.717) is 0 Å². The summed E-state index contributed by atoms with van der Waals surface area (Å²) in [7, 11) is 0. The summed E-state index contributed by atoms with van der Waals surface area (Å²) < 4.78 is 6.91. The Hall–Kier alpha value is 0.0600. The number of ether oxygens (including phenoxy) is 1. The maximum atomic E-state index is 5.76. The van der Waals surface area contributed by atoms with Crippen molar-refractivity contribution in [1.82, 2.24) is 5.43 Å². The maximum Gasteiger partial charge on any atom is 0.0745 e. The highest BCUT2D eigenvalue weighted by Gasteiger charge is 2.24. The minimum absolute atomic E-state index is 0.228. The molecule has 2 heterocycles. The van der Waals surface area contributed by atoms with E-state index in [9.17, 15) is 0 Å². The number of nitrogens with one attached hydrogen (secondary N) is 1. The van der Waals surface area contributed by atoms with Crippen molar-refractivity contribution < 1.29 is 4.74 Å². The molecule has 0 aromatic carbocycles. The Labute approximate surface area is 108 Å². The first-order valence-electron chi connectivity index (χ1n) is 5.60. The lowest BCUT2D eigenvalue weighted by Gasteiger charge is -2.29. The SMILES string of the molecule is NNC(Cc1cc(Br)cs1)C1CCCCO1. The second kappa shape index (κ2) is 6.12. The summed E-state index contributed by atoms with van der Waals surface area (Å²) in [5, 5.41) is 2.10. The van der Waals surface area contributed by atoms with Crippen molar-refractivity contribution >= 4 is 27.3 Å². The van der Waals surface area contributed by atoms with Gasteiger partial charge in [0.2, 0.25) is 0 Å². The van der Waals surface area contributed by atoms with Crippen molar-refractivity contribution in [3.8, 4) is 0 Å². The zero-order chi connectivity index (χ0) is 11.4. The molecule has 1 fully saturated rings. The Bertz CT molecular complexity index is 326. The highest BCUT2D eigenvalue weighted by Crippen LogP contribution is 2.24. The molecule has 2 rings (SSSR count). The van der Waals surface area contributed by atoms with E-state index in [0.717, 1.165) is 23.9 Å². The van der Waals surface area contributed by atoms with Crippen LogP contribution in [0.15, 0.2) is 15.9 Å². The van der Waals surface area contributed by atoms with Crippen molar-refractivity contribution in [2.24, 2.45) is 5.84 Å². The molecule has 0 amide bonds. The van der Waals surface area contributed by atoms with E-state index < -0.39 is 0 Å². The van der Waals surface area contributed by atoms with Crippen LogP contribution in [0.3, 0.4) is 0 Å². The molecular weight excluding hydrogens is 288 g/mol. The standard InChI is InChI=1S/C11H17BrN2OS/c12-8-5-9(16-7-8)6-10(14-13)11-3-1-2-4-15-11/h5,7,10-11,14H,1-4,6,13H2. The van der Waals surface area contributed by atoms with E-state index in [-0.39, 0.29) is 12.1 Å².